The molecule has 138 valence electrons. The number of benzene rings is 2. The van der Waals surface area contributed by atoms with Crippen LogP contribution in [-0.4, -0.2) is 24.4 Å². The van der Waals surface area contributed by atoms with Crippen LogP contribution in [0.15, 0.2) is 41.5 Å². The number of ether oxygens (including phenoxy) is 2. The summed E-state index contributed by atoms with van der Waals surface area (Å²) in [6.07, 6.45) is 2.20. The number of anilines is 1. The van der Waals surface area contributed by atoms with Crippen LogP contribution in [-0.2, 0) is 0 Å². The summed E-state index contributed by atoms with van der Waals surface area (Å²) in [4.78, 5) is 10.9. The lowest BCUT2D eigenvalue weighted by atomic mass is 10.2. The van der Waals surface area contributed by atoms with Gasteiger partial charge in [-0.2, -0.15) is 5.10 Å². The number of nitrogens with one attached hydrogen (secondary N) is 1. The molecule has 26 heavy (non-hydrogen) atoms. The van der Waals surface area contributed by atoms with E-state index in [-0.39, 0.29) is 11.4 Å². The minimum absolute atomic E-state index is 0.138. The Hall–Kier alpha value is -2.80. The average molecular weight is 378 g/mol. The normalized spacial score (nSPS) is 10.7. The van der Waals surface area contributed by atoms with Crippen LogP contribution in [0.1, 0.15) is 25.8 Å². The smallest absolute Gasteiger partial charge is 0.315 e. The molecule has 2 rings (SSSR count). The molecule has 0 atom stereocenters. The lowest BCUT2D eigenvalue weighted by Crippen LogP contribution is -2.04. The van der Waals surface area contributed by atoms with Gasteiger partial charge in [-0.15, -0.1) is 0 Å². The third-order valence-electron chi connectivity index (χ3n) is 3.24. The summed E-state index contributed by atoms with van der Waals surface area (Å²) in [7, 11) is 0. The van der Waals surface area contributed by atoms with Crippen LogP contribution in [0, 0.1) is 10.1 Å². The summed E-state index contributed by atoms with van der Waals surface area (Å²) in [6.45, 7) is 4.46. The van der Waals surface area contributed by atoms with Crippen molar-refractivity contribution in [2.75, 3.05) is 18.6 Å². The van der Waals surface area contributed by atoms with Crippen LogP contribution in [0.5, 0.6) is 11.5 Å². The molecule has 0 heterocycles. The van der Waals surface area contributed by atoms with E-state index in [0.29, 0.717) is 35.2 Å². The van der Waals surface area contributed by atoms with Gasteiger partial charge in [0.25, 0.3) is 0 Å². The van der Waals surface area contributed by atoms with E-state index in [1.54, 1.807) is 37.3 Å². The fraction of sp³-hybridized carbons (Fsp3) is 0.278. The molecule has 7 nitrogen and oxygen atoms in total. The maximum atomic E-state index is 11.4. The largest absolute Gasteiger partial charge is 0.490 e. The first kappa shape index (κ1) is 19.5. The third kappa shape index (κ3) is 5.35. The summed E-state index contributed by atoms with van der Waals surface area (Å²) < 4.78 is 11.0. The highest BCUT2D eigenvalue weighted by molar-refractivity contribution is 6.30. The number of hydrogen-bond donors (Lipinski definition) is 1. The molecule has 0 saturated carbocycles. The Bertz CT molecular complexity index is 796. The molecule has 0 bridgehead atoms. The fourth-order valence-electron chi connectivity index (χ4n) is 2.17. The first-order chi connectivity index (χ1) is 12.5. The molecule has 0 aliphatic carbocycles. The molecular weight excluding hydrogens is 358 g/mol. The van der Waals surface area contributed by atoms with Gasteiger partial charge in [0, 0.05) is 16.7 Å². The van der Waals surface area contributed by atoms with Gasteiger partial charge in [-0.1, -0.05) is 24.6 Å². The lowest BCUT2D eigenvalue weighted by molar-refractivity contribution is -0.386. The summed E-state index contributed by atoms with van der Waals surface area (Å²) in [6, 6.07) is 10.1. The van der Waals surface area contributed by atoms with Crippen molar-refractivity contribution >= 4 is 29.2 Å². The SMILES string of the molecule is CCCOc1c(OCC)cc(C=NNc2cccc(Cl)c2)cc1[N+](=O)[O-]. The predicted molar refractivity (Wildman–Crippen MR) is 103 cm³/mol. The van der Waals surface area contributed by atoms with Gasteiger partial charge in [-0.25, -0.2) is 0 Å². The van der Waals surface area contributed by atoms with Gasteiger partial charge in [0.15, 0.2) is 5.75 Å². The van der Waals surface area contributed by atoms with Gasteiger partial charge in [-0.3, -0.25) is 15.5 Å². The van der Waals surface area contributed by atoms with Crippen LogP contribution in [0.3, 0.4) is 0 Å². The van der Waals surface area contributed by atoms with E-state index in [4.69, 9.17) is 21.1 Å². The molecule has 0 amide bonds. The third-order valence-corrected chi connectivity index (χ3v) is 3.47. The molecule has 8 heteroatoms. The molecule has 2 aromatic rings. The summed E-state index contributed by atoms with van der Waals surface area (Å²) in [5, 5.41) is 16.1. The van der Waals surface area contributed by atoms with E-state index >= 15 is 0 Å². The zero-order chi connectivity index (χ0) is 18.9. The molecule has 0 aliphatic rings. The molecular formula is C18H20ClN3O4. The van der Waals surface area contributed by atoms with E-state index < -0.39 is 4.92 Å². The van der Waals surface area contributed by atoms with Crippen LogP contribution in [0.4, 0.5) is 11.4 Å². The van der Waals surface area contributed by atoms with E-state index in [0.717, 1.165) is 6.42 Å². The van der Waals surface area contributed by atoms with Crippen LogP contribution in [0.25, 0.3) is 0 Å². The quantitative estimate of drug-likeness (QED) is 0.382. The highest BCUT2D eigenvalue weighted by atomic mass is 35.5. The fourth-order valence-corrected chi connectivity index (χ4v) is 2.36. The van der Waals surface area contributed by atoms with Crippen LogP contribution >= 0.6 is 11.6 Å². The van der Waals surface area contributed by atoms with Crippen molar-refractivity contribution in [3.05, 3.63) is 57.1 Å². The number of nitro benzene ring substituents is 1. The Morgan fingerprint density at radius 3 is 2.73 bits per heavy atom. The van der Waals surface area contributed by atoms with Gasteiger partial charge in [0.1, 0.15) is 0 Å². The van der Waals surface area contributed by atoms with E-state index in [1.807, 2.05) is 6.92 Å². The van der Waals surface area contributed by atoms with Gasteiger partial charge in [0.05, 0.1) is 30.0 Å². The second-order valence-corrected chi connectivity index (χ2v) is 5.72. The van der Waals surface area contributed by atoms with Crippen molar-refractivity contribution in [3.8, 4) is 11.5 Å². The maximum Gasteiger partial charge on any atom is 0.315 e. The minimum atomic E-state index is -0.491. The second-order valence-electron chi connectivity index (χ2n) is 5.29. The maximum absolute atomic E-state index is 11.4. The molecule has 0 unspecified atom stereocenters. The number of hydrogen-bond acceptors (Lipinski definition) is 6. The molecule has 0 aliphatic heterocycles. The zero-order valence-electron chi connectivity index (χ0n) is 14.6. The molecule has 2 aromatic carbocycles. The molecule has 0 radical (unpaired) electrons. The van der Waals surface area contributed by atoms with Crippen molar-refractivity contribution in [3.63, 3.8) is 0 Å². The number of halogens is 1. The van der Waals surface area contributed by atoms with Crippen LogP contribution in [0.2, 0.25) is 5.02 Å². The number of nitrogens with zero attached hydrogens (tertiary/aromatic N) is 2. The van der Waals surface area contributed by atoms with Gasteiger partial charge in [0.2, 0.25) is 5.75 Å². The number of nitro groups is 1. The first-order valence-corrected chi connectivity index (χ1v) is 8.55. The summed E-state index contributed by atoms with van der Waals surface area (Å²) >= 11 is 5.91. The van der Waals surface area contributed by atoms with E-state index in [1.165, 1.54) is 12.3 Å². The second kappa shape index (κ2) is 9.62. The topological polar surface area (TPSA) is 86.0 Å². The van der Waals surface area contributed by atoms with Gasteiger partial charge in [-0.05, 0) is 37.6 Å². The first-order valence-electron chi connectivity index (χ1n) is 8.17. The summed E-state index contributed by atoms with van der Waals surface area (Å²) in [5.74, 6) is 0.456. The van der Waals surface area contributed by atoms with Crippen molar-refractivity contribution in [1.29, 1.82) is 0 Å². The molecule has 1 N–H and O–H groups in total. The average Bonchev–Trinajstić information content (AvgIpc) is 2.60. The van der Waals surface area contributed by atoms with Gasteiger partial charge < -0.3 is 9.47 Å². The molecule has 0 spiro atoms. The highest BCUT2D eigenvalue weighted by Crippen LogP contribution is 2.38. The number of rotatable bonds is 9. The Labute approximate surface area is 156 Å². The van der Waals surface area contributed by atoms with Crippen molar-refractivity contribution in [1.82, 2.24) is 0 Å². The molecule has 0 saturated heterocycles. The van der Waals surface area contributed by atoms with Gasteiger partial charge >= 0.3 is 5.69 Å². The monoisotopic (exact) mass is 377 g/mol. The Balaban J connectivity index is 2.29. The van der Waals surface area contributed by atoms with E-state index in [2.05, 4.69) is 10.5 Å². The number of hydrazone groups is 1. The van der Waals surface area contributed by atoms with Crippen molar-refractivity contribution < 1.29 is 14.4 Å². The molecule has 0 fully saturated rings. The van der Waals surface area contributed by atoms with Crippen molar-refractivity contribution in [2.45, 2.75) is 20.3 Å². The Morgan fingerprint density at radius 1 is 1.27 bits per heavy atom. The van der Waals surface area contributed by atoms with Crippen molar-refractivity contribution in [2.24, 2.45) is 5.10 Å². The highest BCUT2D eigenvalue weighted by Gasteiger charge is 2.22. The Morgan fingerprint density at radius 2 is 2.08 bits per heavy atom. The standard InChI is InChI=1S/C18H20ClN3O4/c1-3-8-26-18-16(22(23)24)9-13(10-17(18)25-4-2)12-20-21-15-7-5-6-14(19)11-15/h5-7,9-12,21H,3-4,8H2,1-2H3. The minimum Gasteiger partial charge on any atom is -0.490 e. The van der Waals surface area contributed by atoms with Crippen LogP contribution < -0.4 is 14.9 Å². The zero-order valence-corrected chi connectivity index (χ0v) is 15.3. The lowest BCUT2D eigenvalue weighted by Gasteiger charge is -2.12. The van der Waals surface area contributed by atoms with E-state index in [9.17, 15) is 10.1 Å². The predicted octanol–water partition coefficient (Wildman–Crippen LogP) is 4.88. The Kier molecular flexibility index (Phi) is 7.23. The molecule has 0 aromatic heterocycles. The summed E-state index contributed by atoms with van der Waals surface area (Å²) in [5.41, 5.74) is 3.88.